The Kier molecular flexibility index (Phi) is 6.71. The first-order chi connectivity index (χ1) is 13.6. The zero-order valence-electron chi connectivity index (χ0n) is 16.3. The van der Waals surface area contributed by atoms with Gasteiger partial charge in [0.05, 0.1) is 13.7 Å². The second-order valence-corrected chi connectivity index (χ2v) is 7.53. The second kappa shape index (κ2) is 9.41. The van der Waals surface area contributed by atoms with Crippen molar-refractivity contribution in [1.29, 1.82) is 0 Å². The van der Waals surface area contributed by atoms with Gasteiger partial charge in [-0.2, -0.15) is 0 Å². The maximum atomic E-state index is 12.4. The molecule has 1 heterocycles. The average molecular weight is 397 g/mol. The van der Waals surface area contributed by atoms with E-state index in [0.29, 0.717) is 12.1 Å². The SMILES string of the molecule is CCn1c(CNC(=O)c2ccc(OC)cc2)nnc1S[C@@H](C)c1ccccc1. The van der Waals surface area contributed by atoms with E-state index < -0.39 is 0 Å². The van der Waals surface area contributed by atoms with Crippen molar-refractivity contribution in [3.05, 3.63) is 71.5 Å². The van der Waals surface area contributed by atoms with E-state index in [2.05, 4.69) is 41.5 Å². The Morgan fingerprint density at radius 3 is 2.50 bits per heavy atom. The highest BCUT2D eigenvalue weighted by atomic mass is 32.2. The van der Waals surface area contributed by atoms with Crippen LogP contribution < -0.4 is 10.1 Å². The Morgan fingerprint density at radius 2 is 1.86 bits per heavy atom. The summed E-state index contributed by atoms with van der Waals surface area (Å²) in [5.74, 6) is 1.31. The van der Waals surface area contributed by atoms with Gasteiger partial charge in [0.2, 0.25) is 0 Å². The predicted octanol–water partition coefficient (Wildman–Crippen LogP) is 4.09. The minimum atomic E-state index is -0.153. The van der Waals surface area contributed by atoms with Crippen molar-refractivity contribution in [3.8, 4) is 5.75 Å². The third kappa shape index (κ3) is 4.72. The molecule has 0 fully saturated rings. The lowest BCUT2D eigenvalue weighted by Crippen LogP contribution is -2.24. The van der Waals surface area contributed by atoms with Crippen LogP contribution in [-0.2, 0) is 13.1 Å². The molecule has 0 spiro atoms. The summed E-state index contributed by atoms with van der Waals surface area (Å²) in [6.45, 7) is 5.27. The molecule has 1 atom stereocenters. The smallest absolute Gasteiger partial charge is 0.251 e. The Labute approximate surface area is 169 Å². The highest BCUT2D eigenvalue weighted by molar-refractivity contribution is 7.99. The standard InChI is InChI=1S/C21H24N4O2S/c1-4-25-19(14-22-20(26)17-10-12-18(27-3)13-11-17)23-24-21(25)28-15(2)16-8-6-5-7-9-16/h5-13,15H,4,14H2,1-3H3,(H,22,26)/t15-/m0/s1. The molecule has 0 aliphatic rings. The summed E-state index contributed by atoms with van der Waals surface area (Å²) in [5.41, 5.74) is 1.82. The number of nitrogens with zero attached hydrogens (tertiary/aromatic N) is 3. The molecule has 0 radical (unpaired) electrons. The molecule has 146 valence electrons. The third-order valence-electron chi connectivity index (χ3n) is 4.42. The number of ether oxygens (including phenoxy) is 1. The number of carbonyl (C=O) groups excluding carboxylic acids is 1. The van der Waals surface area contributed by atoms with Crippen molar-refractivity contribution >= 4 is 17.7 Å². The summed E-state index contributed by atoms with van der Waals surface area (Å²) in [6.07, 6.45) is 0. The number of carbonyl (C=O) groups is 1. The van der Waals surface area contributed by atoms with Crippen LogP contribution in [0.4, 0.5) is 0 Å². The van der Waals surface area contributed by atoms with E-state index in [-0.39, 0.29) is 11.2 Å². The van der Waals surface area contributed by atoms with Crippen LogP contribution in [0.3, 0.4) is 0 Å². The molecule has 0 saturated heterocycles. The van der Waals surface area contributed by atoms with Crippen molar-refractivity contribution in [2.45, 2.75) is 37.3 Å². The van der Waals surface area contributed by atoms with Gasteiger partial charge in [-0.15, -0.1) is 10.2 Å². The largest absolute Gasteiger partial charge is 0.497 e. The molecule has 0 bridgehead atoms. The number of hydrogen-bond donors (Lipinski definition) is 1. The van der Waals surface area contributed by atoms with Gasteiger partial charge in [-0.05, 0) is 43.7 Å². The van der Waals surface area contributed by atoms with Crippen molar-refractivity contribution in [1.82, 2.24) is 20.1 Å². The molecule has 0 saturated carbocycles. The zero-order chi connectivity index (χ0) is 19.9. The number of nitrogens with one attached hydrogen (secondary N) is 1. The van der Waals surface area contributed by atoms with Gasteiger partial charge in [-0.25, -0.2) is 0 Å². The maximum absolute atomic E-state index is 12.4. The Hall–Kier alpha value is -2.80. The predicted molar refractivity (Wildman–Crippen MR) is 111 cm³/mol. The van der Waals surface area contributed by atoms with Gasteiger partial charge in [-0.1, -0.05) is 42.1 Å². The molecule has 0 aliphatic heterocycles. The number of thioether (sulfide) groups is 1. The number of benzene rings is 2. The molecule has 3 rings (SSSR count). The molecule has 0 unspecified atom stereocenters. The van der Waals surface area contributed by atoms with Crippen LogP contribution >= 0.6 is 11.8 Å². The summed E-state index contributed by atoms with van der Waals surface area (Å²) in [4.78, 5) is 12.4. The highest BCUT2D eigenvalue weighted by Gasteiger charge is 2.16. The van der Waals surface area contributed by atoms with Gasteiger partial charge in [0, 0.05) is 17.4 Å². The van der Waals surface area contributed by atoms with E-state index in [0.717, 1.165) is 23.3 Å². The molecule has 2 aromatic carbocycles. The minimum Gasteiger partial charge on any atom is -0.497 e. The molecule has 1 amide bonds. The van der Waals surface area contributed by atoms with E-state index >= 15 is 0 Å². The molecule has 7 heteroatoms. The van der Waals surface area contributed by atoms with Crippen molar-refractivity contribution < 1.29 is 9.53 Å². The van der Waals surface area contributed by atoms with Crippen LogP contribution in [0.2, 0.25) is 0 Å². The van der Waals surface area contributed by atoms with Crippen LogP contribution in [0.5, 0.6) is 5.75 Å². The molecule has 1 N–H and O–H groups in total. The summed E-state index contributed by atoms with van der Waals surface area (Å²) in [5, 5.41) is 12.6. The molecular formula is C21H24N4O2S. The number of methoxy groups -OCH3 is 1. The maximum Gasteiger partial charge on any atom is 0.251 e. The normalized spacial score (nSPS) is 11.8. The van der Waals surface area contributed by atoms with Crippen LogP contribution in [0.25, 0.3) is 0 Å². The second-order valence-electron chi connectivity index (χ2n) is 6.23. The Bertz CT molecular complexity index is 910. The first-order valence-electron chi connectivity index (χ1n) is 9.18. The van der Waals surface area contributed by atoms with Crippen LogP contribution in [0.15, 0.2) is 59.8 Å². The molecule has 3 aromatic rings. The average Bonchev–Trinajstić information content (AvgIpc) is 3.14. The van der Waals surface area contributed by atoms with Gasteiger partial charge in [0.15, 0.2) is 11.0 Å². The van der Waals surface area contributed by atoms with Gasteiger partial charge in [0.1, 0.15) is 5.75 Å². The molecular weight excluding hydrogens is 372 g/mol. The summed E-state index contributed by atoms with van der Waals surface area (Å²) < 4.78 is 7.16. The van der Waals surface area contributed by atoms with E-state index in [9.17, 15) is 4.79 Å². The number of hydrogen-bond acceptors (Lipinski definition) is 5. The summed E-state index contributed by atoms with van der Waals surface area (Å²) in [6, 6.07) is 17.3. The van der Waals surface area contributed by atoms with Crippen molar-refractivity contribution in [3.63, 3.8) is 0 Å². The Balaban J connectivity index is 1.65. The fourth-order valence-electron chi connectivity index (χ4n) is 2.81. The molecule has 28 heavy (non-hydrogen) atoms. The van der Waals surface area contributed by atoms with Crippen molar-refractivity contribution in [2.75, 3.05) is 7.11 Å². The van der Waals surface area contributed by atoms with Gasteiger partial charge in [0.25, 0.3) is 5.91 Å². The van der Waals surface area contributed by atoms with E-state index in [1.807, 2.05) is 22.8 Å². The van der Waals surface area contributed by atoms with E-state index in [1.165, 1.54) is 5.56 Å². The monoisotopic (exact) mass is 396 g/mol. The number of rotatable bonds is 8. The molecule has 0 aliphatic carbocycles. The highest BCUT2D eigenvalue weighted by Crippen LogP contribution is 2.33. The van der Waals surface area contributed by atoms with Crippen LogP contribution in [-0.4, -0.2) is 27.8 Å². The van der Waals surface area contributed by atoms with Gasteiger partial charge in [-0.3, -0.25) is 4.79 Å². The fraction of sp³-hybridized carbons (Fsp3) is 0.286. The zero-order valence-corrected chi connectivity index (χ0v) is 17.1. The first kappa shape index (κ1) is 19.9. The molecule has 1 aromatic heterocycles. The summed E-state index contributed by atoms with van der Waals surface area (Å²) >= 11 is 1.67. The lowest BCUT2D eigenvalue weighted by molar-refractivity contribution is 0.0949. The van der Waals surface area contributed by atoms with E-state index in [4.69, 9.17) is 4.74 Å². The lowest BCUT2D eigenvalue weighted by atomic mass is 10.2. The van der Waals surface area contributed by atoms with E-state index in [1.54, 1.807) is 43.1 Å². The molecule has 6 nitrogen and oxygen atoms in total. The number of aromatic nitrogens is 3. The third-order valence-corrected chi connectivity index (χ3v) is 5.56. The quantitative estimate of drug-likeness (QED) is 0.581. The minimum absolute atomic E-state index is 0.153. The summed E-state index contributed by atoms with van der Waals surface area (Å²) in [7, 11) is 1.60. The topological polar surface area (TPSA) is 69.0 Å². The van der Waals surface area contributed by atoms with Gasteiger partial charge < -0.3 is 14.6 Å². The van der Waals surface area contributed by atoms with Crippen LogP contribution in [0, 0.1) is 0 Å². The Morgan fingerprint density at radius 1 is 1.14 bits per heavy atom. The van der Waals surface area contributed by atoms with Gasteiger partial charge >= 0.3 is 0 Å². The lowest BCUT2D eigenvalue weighted by Gasteiger charge is -2.12. The number of amides is 1. The first-order valence-corrected chi connectivity index (χ1v) is 10.1. The van der Waals surface area contributed by atoms with Crippen LogP contribution in [0.1, 0.15) is 40.8 Å². The fourth-order valence-corrected chi connectivity index (χ4v) is 3.87. The van der Waals surface area contributed by atoms with Crippen molar-refractivity contribution in [2.24, 2.45) is 0 Å².